The normalized spacial score (nSPS) is 10.4. The molecule has 0 aliphatic heterocycles. The molecule has 0 saturated carbocycles. The minimum absolute atomic E-state index is 0.0401. The van der Waals surface area contributed by atoms with Crippen molar-refractivity contribution < 1.29 is 8.78 Å². The zero-order valence-corrected chi connectivity index (χ0v) is 10.7. The van der Waals surface area contributed by atoms with Crippen LogP contribution in [0.3, 0.4) is 0 Å². The SMILES string of the molecule is Nc1cc(F)c(NSc2ccccc2Cl)c(F)c1. The van der Waals surface area contributed by atoms with Crippen molar-refractivity contribution >= 4 is 34.9 Å². The summed E-state index contributed by atoms with van der Waals surface area (Å²) in [7, 11) is 0. The zero-order chi connectivity index (χ0) is 13.1. The van der Waals surface area contributed by atoms with E-state index < -0.39 is 11.6 Å². The van der Waals surface area contributed by atoms with Crippen LogP contribution in [0.4, 0.5) is 20.2 Å². The largest absolute Gasteiger partial charge is 0.399 e. The summed E-state index contributed by atoms with van der Waals surface area (Å²) in [4.78, 5) is 0.676. The smallest absolute Gasteiger partial charge is 0.152 e. The highest BCUT2D eigenvalue weighted by Crippen LogP contribution is 2.30. The fourth-order valence-electron chi connectivity index (χ4n) is 1.32. The van der Waals surface area contributed by atoms with E-state index in [-0.39, 0.29) is 11.4 Å². The van der Waals surface area contributed by atoms with Gasteiger partial charge in [-0.3, -0.25) is 0 Å². The minimum atomic E-state index is -0.743. The number of anilines is 2. The van der Waals surface area contributed by atoms with Crippen LogP contribution in [0.2, 0.25) is 5.02 Å². The number of nitrogens with one attached hydrogen (secondary N) is 1. The number of nitrogens with two attached hydrogens (primary N) is 1. The van der Waals surface area contributed by atoms with E-state index >= 15 is 0 Å². The lowest BCUT2D eigenvalue weighted by molar-refractivity contribution is 0.593. The van der Waals surface area contributed by atoms with E-state index in [2.05, 4.69) is 4.72 Å². The fourth-order valence-corrected chi connectivity index (χ4v) is 2.29. The molecule has 6 heteroatoms. The highest BCUT2D eigenvalue weighted by atomic mass is 35.5. The van der Waals surface area contributed by atoms with Crippen LogP contribution in [-0.4, -0.2) is 0 Å². The van der Waals surface area contributed by atoms with Gasteiger partial charge >= 0.3 is 0 Å². The first kappa shape index (κ1) is 13.0. The molecule has 3 N–H and O–H groups in total. The van der Waals surface area contributed by atoms with Crippen LogP contribution < -0.4 is 10.5 Å². The summed E-state index contributed by atoms with van der Waals surface area (Å²) in [6.07, 6.45) is 0. The molecule has 0 radical (unpaired) electrons. The highest BCUT2D eigenvalue weighted by molar-refractivity contribution is 8.00. The monoisotopic (exact) mass is 286 g/mol. The van der Waals surface area contributed by atoms with Crippen LogP contribution in [-0.2, 0) is 0 Å². The van der Waals surface area contributed by atoms with E-state index in [1.165, 1.54) is 0 Å². The number of nitrogen functional groups attached to an aromatic ring is 1. The van der Waals surface area contributed by atoms with Crippen molar-refractivity contribution in [3.8, 4) is 0 Å². The molecule has 2 nitrogen and oxygen atoms in total. The van der Waals surface area contributed by atoms with Crippen LogP contribution in [0.5, 0.6) is 0 Å². The Balaban J connectivity index is 2.19. The molecule has 0 amide bonds. The van der Waals surface area contributed by atoms with Crippen molar-refractivity contribution in [3.05, 3.63) is 53.1 Å². The van der Waals surface area contributed by atoms with Gasteiger partial charge in [0.1, 0.15) is 5.69 Å². The third kappa shape index (κ3) is 2.86. The summed E-state index contributed by atoms with van der Waals surface area (Å²) in [5.41, 5.74) is 5.12. The molecule has 2 aromatic carbocycles. The molecule has 0 fully saturated rings. The Labute approximate surface area is 112 Å². The Kier molecular flexibility index (Phi) is 3.93. The van der Waals surface area contributed by atoms with Crippen LogP contribution in [0, 0.1) is 11.6 Å². The van der Waals surface area contributed by atoms with Crippen LogP contribution >= 0.6 is 23.5 Å². The van der Waals surface area contributed by atoms with E-state index in [0.717, 1.165) is 24.1 Å². The molecule has 0 aliphatic carbocycles. The molecule has 0 heterocycles. The molecule has 0 spiro atoms. The van der Waals surface area contributed by atoms with E-state index in [1.54, 1.807) is 24.3 Å². The Morgan fingerprint density at radius 1 is 1.11 bits per heavy atom. The van der Waals surface area contributed by atoms with Gasteiger partial charge in [-0.15, -0.1) is 0 Å². The second kappa shape index (κ2) is 5.46. The predicted octanol–water partition coefficient (Wildman–Crippen LogP) is 4.32. The van der Waals surface area contributed by atoms with Gasteiger partial charge in [-0.25, -0.2) is 8.78 Å². The van der Waals surface area contributed by atoms with Crippen molar-refractivity contribution in [3.63, 3.8) is 0 Å². The second-order valence-corrected chi connectivity index (χ2v) is 4.75. The molecule has 2 aromatic rings. The first-order valence-electron chi connectivity index (χ1n) is 5.00. The first-order valence-corrected chi connectivity index (χ1v) is 6.19. The van der Waals surface area contributed by atoms with E-state index in [1.807, 2.05) is 0 Å². The van der Waals surface area contributed by atoms with Gasteiger partial charge in [0.05, 0.1) is 5.02 Å². The fraction of sp³-hybridized carbons (Fsp3) is 0. The maximum Gasteiger partial charge on any atom is 0.152 e. The van der Waals surface area contributed by atoms with Gasteiger partial charge in [-0.1, -0.05) is 23.7 Å². The van der Waals surface area contributed by atoms with Crippen molar-refractivity contribution in [2.75, 3.05) is 10.5 Å². The molecular weight excluding hydrogens is 278 g/mol. The summed E-state index contributed by atoms with van der Waals surface area (Å²) in [5, 5.41) is 0.506. The predicted molar refractivity (Wildman–Crippen MR) is 71.7 cm³/mol. The molecule has 0 unspecified atom stereocenters. The van der Waals surface area contributed by atoms with Crippen LogP contribution in [0.1, 0.15) is 0 Å². The van der Waals surface area contributed by atoms with Crippen LogP contribution in [0.25, 0.3) is 0 Å². The van der Waals surface area contributed by atoms with E-state index in [9.17, 15) is 8.78 Å². The Bertz CT molecular complexity index is 555. The number of hydrogen-bond donors (Lipinski definition) is 2. The summed E-state index contributed by atoms with van der Waals surface area (Å²) in [5.74, 6) is -1.49. The quantitative estimate of drug-likeness (QED) is 0.652. The van der Waals surface area contributed by atoms with Gasteiger partial charge in [0.2, 0.25) is 0 Å². The summed E-state index contributed by atoms with van der Waals surface area (Å²) in [6, 6.07) is 9.11. The van der Waals surface area contributed by atoms with Gasteiger partial charge in [-0.05, 0) is 36.2 Å². The Hall–Kier alpha value is -1.46. The molecule has 0 aromatic heterocycles. The summed E-state index contributed by atoms with van der Waals surface area (Å²) < 4.78 is 29.6. The summed E-state index contributed by atoms with van der Waals surface area (Å²) in [6.45, 7) is 0. The van der Waals surface area contributed by atoms with Gasteiger partial charge in [0.15, 0.2) is 11.6 Å². The molecule has 0 aliphatic rings. The number of halogens is 3. The van der Waals surface area contributed by atoms with Gasteiger partial charge in [-0.2, -0.15) is 0 Å². The average molecular weight is 287 g/mol. The van der Waals surface area contributed by atoms with Crippen molar-refractivity contribution in [1.82, 2.24) is 0 Å². The molecule has 0 atom stereocenters. The lowest BCUT2D eigenvalue weighted by Gasteiger charge is -2.09. The first-order chi connectivity index (χ1) is 8.58. The maximum absolute atomic E-state index is 13.5. The Morgan fingerprint density at radius 3 is 2.33 bits per heavy atom. The van der Waals surface area contributed by atoms with Crippen molar-refractivity contribution in [2.24, 2.45) is 0 Å². The van der Waals surface area contributed by atoms with Gasteiger partial charge in [0.25, 0.3) is 0 Å². The molecular formula is C12H9ClF2N2S. The molecule has 18 heavy (non-hydrogen) atoms. The lowest BCUT2D eigenvalue weighted by atomic mass is 10.2. The topological polar surface area (TPSA) is 38.0 Å². The van der Waals surface area contributed by atoms with Gasteiger partial charge < -0.3 is 10.5 Å². The maximum atomic E-state index is 13.5. The van der Waals surface area contributed by atoms with Crippen molar-refractivity contribution in [2.45, 2.75) is 4.90 Å². The number of benzene rings is 2. The minimum Gasteiger partial charge on any atom is -0.399 e. The third-order valence-electron chi connectivity index (χ3n) is 2.16. The number of hydrogen-bond acceptors (Lipinski definition) is 3. The van der Waals surface area contributed by atoms with Crippen LogP contribution in [0.15, 0.2) is 41.3 Å². The summed E-state index contributed by atoms with van der Waals surface area (Å²) >= 11 is 6.96. The molecule has 2 rings (SSSR count). The molecule has 0 bridgehead atoms. The standard InChI is InChI=1S/C12H9ClF2N2S/c13-8-3-1-2-4-11(8)18-17-12-9(14)5-7(16)6-10(12)15/h1-6,17H,16H2. The zero-order valence-electron chi connectivity index (χ0n) is 9.08. The second-order valence-electron chi connectivity index (χ2n) is 3.49. The molecule has 0 saturated heterocycles. The third-order valence-corrected chi connectivity index (χ3v) is 3.49. The Morgan fingerprint density at radius 2 is 1.72 bits per heavy atom. The van der Waals surface area contributed by atoms with Gasteiger partial charge in [0, 0.05) is 10.6 Å². The lowest BCUT2D eigenvalue weighted by Crippen LogP contribution is -1.97. The highest BCUT2D eigenvalue weighted by Gasteiger charge is 2.11. The van der Waals surface area contributed by atoms with E-state index in [0.29, 0.717) is 9.92 Å². The van der Waals surface area contributed by atoms with E-state index in [4.69, 9.17) is 17.3 Å². The molecule has 94 valence electrons. The van der Waals surface area contributed by atoms with Crippen molar-refractivity contribution in [1.29, 1.82) is 0 Å². The average Bonchev–Trinajstić information content (AvgIpc) is 2.30. The number of rotatable bonds is 3.